The molecule has 0 aliphatic carbocycles. The summed E-state index contributed by atoms with van der Waals surface area (Å²) in [6.45, 7) is 5.89. The zero-order chi connectivity index (χ0) is 10.8. The van der Waals surface area contributed by atoms with Gasteiger partial charge in [0.1, 0.15) is 0 Å². The lowest BCUT2D eigenvalue weighted by molar-refractivity contribution is -0.131. The molecule has 2 nitrogen and oxygen atoms in total. The summed E-state index contributed by atoms with van der Waals surface area (Å²) in [5.74, 6) is -0.139. The Hall–Kier alpha value is -0.100. The number of hydrogen-bond acceptors (Lipinski definition) is 2. The molecular formula is C11H23O2P. The molecule has 0 aromatic rings. The maximum Gasteiger partial charge on any atom is 0.305 e. The molecule has 0 heterocycles. The molecule has 84 valence electrons. The highest BCUT2D eigenvalue weighted by molar-refractivity contribution is 7.33. The summed E-state index contributed by atoms with van der Waals surface area (Å²) < 4.78 is 5.08. The number of unbranched alkanes of at least 4 members (excludes halogenated alkanes) is 2. The fraction of sp³-hybridized carbons (Fsp3) is 0.909. The number of rotatable bonds is 8. The molecular weight excluding hydrogens is 195 g/mol. The van der Waals surface area contributed by atoms with E-state index in [0.717, 1.165) is 0 Å². The van der Waals surface area contributed by atoms with Gasteiger partial charge in [0.25, 0.3) is 0 Å². The first-order chi connectivity index (χ1) is 6.70. The Kier molecular flexibility index (Phi) is 9.39. The van der Waals surface area contributed by atoms with E-state index in [2.05, 4.69) is 13.8 Å². The maximum absolute atomic E-state index is 10.7. The van der Waals surface area contributed by atoms with Crippen molar-refractivity contribution in [3.63, 3.8) is 0 Å². The lowest BCUT2D eigenvalue weighted by Gasteiger charge is -2.14. The van der Waals surface area contributed by atoms with E-state index in [9.17, 15) is 4.79 Å². The first kappa shape index (κ1) is 13.9. The molecule has 0 spiro atoms. The molecule has 0 rings (SSSR count). The lowest BCUT2D eigenvalue weighted by Crippen LogP contribution is -2.03. The van der Waals surface area contributed by atoms with Gasteiger partial charge in [-0.05, 0) is 12.8 Å². The average molecular weight is 218 g/mol. The molecule has 0 N–H and O–H groups in total. The minimum absolute atomic E-state index is 0.139. The van der Waals surface area contributed by atoms with Crippen LogP contribution in [0.25, 0.3) is 0 Å². The van der Waals surface area contributed by atoms with Gasteiger partial charge in [-0.15, -0.1) is 0 Å². The first-order valence-corrected chi connectivity index (χ1v) is 6.62. The number of carbonyl (C=O) groups is 1. The Morgan fingerprint density at radius 2 is 1.93 bits per heavy atom. The average Bonchev–Trinajstić information content (AvgIpc) is 2.14. The molecule has 14 heavy (non-hydrogen) atoms. The molecule has 0 radical (unpaired) electrons. The SMILES string of the molecule is CCCCCC(CCC)POC(C)=O. The smallest absolute Gasteiger partial charge is 0.305 e. The van der Waals surface area contributed by atoms with Crippen molar-refractivity contribution in [1.29, 1.82) is 0 Å². The largest absolute Gasteiger partial charge is 0.448 e. The van der Waals surface area contributed by atoms with E-state index in [1.54, 1.807) is 0 Å². The molecule has 2 atom stereocenters. The van der Waals surface area contributed by atoms with Crippen molar-refractivity contribution in [3.8, 4) is 0 Å². The third kappa shape index (κ3) is 8.50. The van der Waals surface area contributed by atoms with Crippen LogP contribution in [-0.4, -0.2) is 11.6 Å². The number of carbonyl (C=O) groups excluding carboxylic acids is 1. The Morgan fingerprint density at radius 3 is 2.43 bits per heavy atom. The normalized spacial score (nSPS) is 13.4. The number of hydrogen-bond donors (Lipinski definition) is 0. The van der Waals surface area contributed by atoms with Crippen molar-refractivity contribution in [2.45, 2.75) is 65.0 Å². The minimum Gasteiger partial charge on any atom is -0.448 e. The van der Waals surface area contributed by atoms with Gasteiger partial charge < -0.3 is 4.52 Å². The summed E-state index contributed by atoms with van der Waals surface area (Å²) in [5.41, 5.74) is 0.607. The summed E-state index contributed by atoms with van der Waals surface area (Å²) >= 11 is 0. The molecule has 0 aliphatic rings. The van der Waals surface area contributed by atoms with Crippen LogP contribution in [0.2, 0.25) is 0 Å². The predicted molar refractivity (Wildman–Crippen MR) is 62.9 cm³/mol. The van der Waals surface area contributed by atoms with Gasteiger partial charge in [0.05, 0.1) is 8.81 Å². The van der Waals surface area contributed by atoms with Crippen molar-refractivity contribution in [3.05, 3.63) is 0 Å². The maximum atomic E-state index is 10.7. The zero-order valence-electron chi connectivity index (χ0n) is 9.64. The fourth-order valence-corrected chi connectivity index (χ4v) is 2.48. The topological polar surface area (TPSA) is 26.3 Å². The highest BCUT2D eigenvalue weighted by Crippen LogP contribution is 2.29. The molecule has 0 aromatic carbocycles. The van der Waals surface area contributed by atoms with Crippen LogP contribution in [0.5, 0.6) is 0 Å². The molecule has 0 fully saturated rings. The third-order valence-electron chi connectivity index (χ3n) is 2.16. The second-order valence-electron chi connectivity index (χ2n) is 3.69. The summed E-state index contributed by atoms with van der Waals surface area (Å²) in [6, 6.07) is 0. The third-order valence-corrected chi connectivity index (χ3v) is 3.48. The van der Waals surface area contributed by atoms with Crippen molar-refractivity contribution in [2.24, 2.45) is 0 Å². The van der Waals surface area contributed by atoms with Crippen LogP contribution in [0, 0.1) is 0 Å². The van der Waals surface area contributed by atoms with Crippen molar-refractivity contribution in [1.82, 2.24) is 0 Å². The Morgan fingerprint density at radius 1 is 1.21 bits per heavy atom. The Bertz CT molecular complexity index is 148. The molecule has 0 saturated heterocycles. The van der Waals surface area contributed by atoms with Gasteiger partial charge in [-0.1, -0.05) is 39.5 Å². The second kappa shape index (κ2) is 9.45. The van der Waals surface area contributed by atoms with Gasteiger partial charge >= 0.3 is 5.97 Å². The molecule has 2 unspecified atom stereocenters. The van der Waals surface area contributed by atoms with Crippen LogP contribution in [0.1, 0.15) is 59.3 Å². The van der Waals surface area contributed by atoms with Crippen LogP contribution in [-0.2, 0) is 9.32 Å². The monoisotopic (exact) mass is 218 g/mol. The minimum atomic E-state index is -0.139. The Balaban J connectivity index is 3.59. The molecule has 0 saturated carbocycles. The summed E-state index contributed by atoms with van der Waals surface area (Å²) in [6.07, 6.45) is 7.42. The van der Waals surface area contributed by atoms with E-state index in [-0.39, 0.29) is 5.97 Å². The van der Waals surface area contributed by atoms with E-state index in [1.165, 1.54) is 45.4 Å². The predicted octanol–water partition coefficient (Wildman–Crippen LogP) is 3.89. The van der Waals surface area contributed by atoms with Gasteiger partial charge in [0.2, 0.25) is 0 Å². The van der Waals surface area contributed by atoms with E-state index in [1.807, 2.05) is 0 Å². The van der Waals surface area contributed by atoms with Crippen LogP contribution in [0.4, 0.5) is 0 Å². The summed E-state index contributed by atoms with van der Waals surface area (Å²) in [7, 11) is 0.372. The van der Waals surface area contributed by atoms with Crippen molar-refractivity contribution >= 4 is 14.8 Å². The molecule has 0 aliphatic heterocycles. The molecule has 0 aromatic heterocycles. The van der Waals surface area contributed by atoms with Gasteiger partial charge in [0.15, 0.2) is 0 Å². The van der Waals surface area contributed by atoms with E-state index < -0.39 is 0 Å². The van der Waals surface area contributed by atoms with Crippen molar-refractivity contribution < 1.29 is 9.32 Å². The fourth-order valence-electron chi connectivity index (χ4n) is 1.42. The molecule has 3 heteroatoms. The highest BCUT2D eigenvalue weighted by atomic mass is 31.1. The van der Waals surface area contributed by atoms with Gasteiger partial charge in [-0.25, -0.2) is 0 Å². The first-order valence-electron chi connectivity index (χ1n) is 5.63. The van der Waals surface area contributed by atoms with Crippen LogP contribution in [0.3, 0.4) is 0 Å². The Labute approximate surface area is 89.7 Å². The van der Waals surface area contributed by atoms with Gasteiger partial charge in [0, 0.05) is 12.6 Å². The molecule has 0 amide bonds. The zero-order valence-corrected chi connectivity index (χ0v) is 10.6. The van der Waals surface area contributed by atoms with Crippen molar-refractivity contribution in [2.75, 3.05) is 0 Å². The van der Waals surface area contributed by atoms with E-state index >= 15 is 0 Å². The quantitative estimate of drug-likeness (QED) is 0.456. The standard InChI is InChI=1S/C11H23O2P/c1-4-6-7-9-11(8-5-2)14-13-10(3)12/h11,14H,4-9H2,1-3H3. The summed E-state index contributed by atoms with van der Waals surface area (Å²) in [4.78, 5) is 10.7. The lowest BCUT2D eigenvalue weighted by atomic mass is 10.1. The van der Waals surface area contributed by atoms with Gasteiger partial charge in [-0.3, -0.25) is 4.79 Å². The summed E-state index contributed by atoms with van der Waals surface area (Å²) in [5, 5.41) is 0. The van der Waals surface area contributed by atoms with E-state index in [0.29, 0.717) is 14.5 Å². The van der Waals surface area contributed by atoms with Crippen LogP contribution < -0.4 is 0 Å². The highest BCUT2D eigenvalue weighted by Gasteiger charge is 2.09. The van der Waals surface area contributed by atoms with Crippen LogP contribution >= 0.6 is 8.81 Å². The van der Waals surface area contributed by atoms with Gasteiger partial charge in [-0.2, -0.15) is 0 Å². The van der Waals surface area contributed by atoms with E-state index in [4.69, 9.17) is 4.52 Å². The second-order valence-corrected chi connectivity index (χ2v) is 4.95. The molecule has 0 bridgehead atoms. The van der Waals surface area contributed by atoms with Crippen LogP contribution in [0.15, 0.2) is 0 Å².